The monoisotopic (exact) mass is 263 g/mol. The molecule has 0 unspecified atom stereocenters. The molecule has 6 heteroatoms. The van der Waals surface area contributed by atoms with E-state index in [0.29, 0.717) is 12.2 Å². The summed E-state index contributed by atoms with van der Waals surface area (Å²) in [6.07, 6.45) is 1.69. The Morgan fingerprint density at radius 2 is 2.16 bits per heavy atom. The zero-order valence-corrected chi connectivity index (χ0v) is 11.3. The second kappa shape index (κ2) is 6.49. The number of anilines is 1. The van der Waals surface area contributed by atoms with Crippen molar-refractivity contribution in [1.82, 2.24) is 15.2 Å². The maximum atomic E-state index is 11.6. The minimum absolute atomic E-state index is 0.149. The molecular weight excluding hydrogens is 242 g/mol. The maximum Gasteiger partial charge on any atom is 0.269 e. The van der Waals surface area contributed by atoms with Gasteiger partial charge in [0, 0.05) is 58.2 Å². The van der Waals surface area contributed by atoms with Gasteiger partial charge in [0.25, 0.3) is 5.91 Å². The summed E-state index contributed by atoms with van der Waals surface area (Å²) in [6.45, 7) is 5.59. The molecule has 0 aromatic carbocycles. The van der Waals surface area contributed by atoms with Crippen molar-refractivity contribution in [3.63, 3.8) is 0 Å². The highest BCUT2D eigenvalue weighted by Gasteiger charge is 2.17. The average Bonchev–Trinajstić information content (AvgIpc) is 2.48. The molecule has 1 saturated heterocycles. The summed E-state index contributed by atoms with van der Waals surface area (Å²) < 4.78 is 0. The minimum Gasteiger partial charge on any atom is -0.369 e. The van der Waals surface area contributed by atoms with Gasteiger partial charge < -0.3 is 16.0 Å². The molecule has 2 heterocycles. The van der Waals surface area contributed by atoms with Gasteiger partial charge in [0.15, 0.2) is 0 Å². The van der Waals surface area contributed by atoms with E-state index in [0.717, 1.165) is 38.4 Å². The number of rotatable bonds is 4. The van der Waals surface area contributed by atoms with Crippen LogP contribution in [0.3, 0.4) is 0 Å². The molecule has 0 saturated carbocycles. The third kappa shape index (κ3) is 3.42. The first-order valence-electron chi connectivity index (χ1n) is 6.60. The van der Waals surface area contributed by atoms with Gasteiger partial charge in [-0.3, -0.25) is 14.7 Å². The van der Waals surface area contributed by atoms with Crippen molar-refractivity contribution in [2.24, 2.45) is 5.73 Å². The molecule has 0 aliphatic carbocycles. The summed E-state index contributed by atoms with van der Waals surface area (Å²) in [4.78, 5) is 20.3. The maximum absolute atomic E-state index is 11.6. The van der Waals surface area contributed by atoms with E-state index in [1.807, 2.05) is 12.1 Å². The molecule has 1 aromatic rings. The molecule has 3 N–H and O–H groups in total. The van der Waals surface area contributed by atoms with E-state index in [2.05, 4.69) is 20.1 Å². The van der Waals surface area contributed by atoms with E-state index in [1.165, 1.54) is 0 Å². The standard InChI is InChI=1S/C13H21N5O/c1-15-13(19)12-10-11(2-4-16-12)18-8-6-17(5-3-14)7-9-18/h2,4,10H,3,5-9,14H2,1H3,(H,15,19). The summed E-state index contributed by atoms with van der Waals surface area (Å²) in [5.74, 6) is -0.149. The van der Waals surface area contributed by atoms with Crippen LogP contribution in [-0.2, 0) is 0 Å². The number of nitrogens with two attached hydrogens (primary N) is 1. The van der Waals surface area contributed by atoms with Crippen molar-refractivity contribution >= 4 is 11.6 Å². The molecule has 0 spiro atoms. The van der Waals surface area contributed by atoms with Crippen LogP contribution in [0.4, 0.5) is 5.69 Å². The fraction of sp³-hybridized carbons (Fsp3) is 0.538. The molecule has 0 atom stereocenters. The predicted molar refractivity (Wildman–Crippen MR) is 75.3 cm³/mol. The Labute approximate surface area is 113 Å². The normalized spacial score (nSPS) is 16.4. The van der Waals surface area contributed by atoms with Gasteiger partial charge in [-0.2, -0.15) is 0 Å². The summed E-state index contributed by atoms with van der Waals surface area (Å²) >= 11 is 0. The van der Waals surface area contributed by atoms with Crippen LogP contribution in [0.25, 0.3) is 0 Å². The first kappa shape index (κ1) is 13.8. The molecule has 2 rings (SSSR count). The zero-order valence-electron chi connectivity index (χ0n) is 11.3. The molecule has 0 bridgehead atoms. The Morgan fingerprint density at radius 3 is 2.79 bits per heavy atom. The second-order valence-corrected chi connectivity index (χ2v) is 4.60. The summed E-state index contributed by atoms with van der Waals surface area (Å²) in [5, 5.41) is 2.59. The largest absolute Gasteiger partial charge is 0.369 e. The molecule has 1 aromatic heterocycles. The molecule has 6 nitrogen and oxygen atoms in total. The number of nitrogens with zero attached hydrogens (tertiary/aromatic N) is 3. The van der Waals surface area contributed by atoms with Gasteiger partial charge >= 0.3 is 0 Å². The Kier molecular flexibility index (Phi) is 4.70. The van der Waals surface area contributed by atoms with Crippen molar-refractivity contribution in [3.8, 4) is 0 Å². The van der Waals surface area contributed by atoms with Gasteiger partial charge in [0.2, 0.25) is 0 Å². The molecule has 1 fully saturated rings. The third-order valence-corrected chi connectivity index (χ3v) is 3.39. The van der Waals surface area contributed by atoms with E-state index in [1.54, 1.807) is 13.2 Å². The smallest absolute Gasteiger partial charge is 0.269 e. The molecular formula is C13H21N5O. The van der Waals surface area contributed by atoms with Crippen molar-refractivity contribution < 1.29 is 4.79 Å². The lowest BCUT2D eigenvalue weighted by atomic mass is 10.2. The van der Waals surface area contributed by atoms with Crippen LogP contribution in [0, 0.1) is 0 Å². The van der Waals surface area contributed by atoms with E-state index in [-0.39, 0.29) is 5.91 Å². The fourth-order valence-electron chi connectivity index (χ4n) is 2.28. The predicted octanol–water partition coefficient (Wildman–Crippen LogP) is -0.478. The van der Waals surface area contributed by atoms with Crippen LogP contribution in [0.1, 0.15) is 10.5 Å². The van der Waals surface area contributed by atoms with Gasteiger partial charge in [-0.15, -0.1) is 0 Å². The Morgan fingerprint density at radius 1 is 1.42 bits per heavy atom. The number of aromatic nitrogens is 1. The number of pyridine rings is 1. The van der Waals surface area contributed by atoms with Gasteiger partial charge in [-0.05, 0) is 12.1 Å². The highest BCUT2D eigenvalue weighted by Crippen LogP contribution is 2.16. The zero-order chi connectivity index (χ0) is 13.7. The van der Waals surface area contributed by atoms with E-state index in [9.17, 15) is 4.79 Å². The average molecular weight is 263 g/mol. The van der Waals surface area contributed by atoms with E-state index < -0.39 is 0 Å². The lowest BCUT2D eigenvalue weighted by Gasteiger charge is -2.35. The third-order valence-electron chi connectivity index (χ3n) is 3.39. The van der Waals surface area contributed by atoms with Crippen LogP contribution < -0.4 is 16.0 Å². The van der Waals surface area contributed by atoms with Crippen molar-refractivity contribution in [3.05, 3.63) is 24.0 Å². The fourth-order valence-corrected chi connectivity index (χ4v) is 2.28. The molecule has 1 amide bonds. The van der Waals surface area contributed by atoms with E-state index >= 15 is 0 Å². The van der Waals surface area contributed by atoms with Gasteiger partial charge in [0.1, 0.15) is 5.69 Å². The number of piperazine rings is 1. The van der Waals surface area contributed by atoms with Crippen LogP contribution in [0.15, 0.2) is 18.3 Å². The highest BCUT2D eigenvalue weighted by atomic mass is 16.1. The lowest BCUT2D eigenvalue weighted by Crippen LogP contribution is -2.47. The SMILES string of the molecule is CNC(=O)c1cc(N2CCN(CCN)CC2)ccn1. The van der Waals surface area contributed by atoms with Crippen molar-refractivity contribution in [2.45, 2.75) is 0 Å². The molecule has 1 aliphatic heterocycles. The lowest BCUT2D eigenvalue weighted by molar-refractivity contribution is 0.0958. The molecule has 104 valence electrons. The van der Waals surface area contributed by atoms with Crippen LogP contribution >= 0.6 is 0 Å². The van der Waals surface area contributed by atoms with Gasteiger partial charge in [-0.25, -0.2) is 0 Å². The van der Waals surface area contributed by atoms with Crippen molar-refractivity contribution in [1.29, 1.82) is 0 Å². The Balaban J connectivity index is 2.01. The first-order valence-corrected chi connectivity index (χ1v) is 6.60. The van der Waals surface area contributed by atoms with E-state index in [4.69, 9.17) is 5.73 Å². The topological polar surface area (TPSA) is 74.5 Å². The number of amides is 1. The molecule has 0 radical (unpaired) electrons. The first-order chi connectivity index (χ1) is 9.24. The Hall–Kier alpha value is -1.66. The van der Waals surface area contributed by atoms with Crippen LogP contribution in [0.2, 0.25) is 0 Å². The molecule has 1 aliphatic rings. The molecule has 19 heavy (non-hydrogen) atoms. The summed E-state index contributed by atoms with van der Waals surface area (Å²) in [7, 11) is 1.61. The van der Waals surface area contributed by atoms with Gasteiger partial charge in [-0.1, -0.05) is 0 Å². The van der Waals surface area contributed by atoms with Crippen molar-refractivity contribution in [2.75, 3.05) is 51.2 Å². The number of carbonyl (C=O) groups is 1. The Bertz CT molecular complexity index is 429. The quantitative estimate of drug-likeness (QED) is 0.767. The minimum atomic E-state index is -0.149. The van der Waals surface area contributed by atoms with Gasteiger partial charge in [0.05, 0.1) is 0 Å². The number of hydrogen-bond acceptors (Lipinski definition) is 5. The number of carbonyl (C=O) groups excluding carboxylic acids is 1. The summed E-state index contributed by atoms with van der Waals surface area (Å²) in [6, 6.07) is 3.79. The number of nitrogens with one attached hydrogen (secondary N) is 1. The van der Waals surface area contributed by atoms with Crippen LogP contribution in [0.5, 0.6) is 0 Å². The second-order valence-electron chi connectivity index (χ2n) is 4.60. The summed E-state index contributed by atoms with van der Waals surface area (Å²) in [5.41, 5.74) is 7.08. The highest BCUT2D eigenvalue weighted by molar-refractivity contribution is 5.92. The number of hydrogen-bond donors (Lipinski definition) is 2. The van der Waals surface area contributed by atoms with Crippen LogP contribution in [-0.4, -0.2) is 62.1 Å².